The van der Waals surface area contributed by atoms with Crippen molar-refractivity contribution in [1.29, 1.82) is 0 Å². The lowest BCUT2D eigenvalue weighted by atomic mass is 9.93. The summed E-state index contributed by atoms with van der Waals surface area (Å²) in [6.45, 7) is 6.06. The number of anilines is 1. The van der Waals surface area contributed by atoms with Gasteiger partial charge in [0, 0.05) is 37.9 Å². The van der Waals surface area contributed by atoms with Gasteiger partial charge in [0.15, 0.2) is 5.96 Å². The van der Waals surface area contributed by atoms with Gasteiger partial charge in [0.1, 0.15) is 0 Å². The van der Waals surface area contributed by atoms with Crippen LogP contribution < -0.4 is 15.5 Å². The first-order valence-electron chi connectivity index (χ1n) is 9.77. The summed E-state index contributed by atoms with van der Waals surface area (Å²) in [5.41, 5.74) is 1.32. The summed E-state index contributed by atoms with van der Waals surface area (Å²) in [6, 6.07) is 11.1. The van der Waals surface area contributed by atoms with Crippen molar-refractivity contribution in [2.75, 3.05) is 31.1 Å². The maximum Gasteiger partial charge on any atom is 0.191 e. The first-order chi connectivity index (χ1) is 12.2. The molecule has 1 saturated heterocycles. The fraction of sp³-hybridized carbons (Fsp3) is 0.650. The van der Waals surface area contributed by atoms with Crippen molar-refractivity contribution in [2.45, 2.75) is 51.2 Å². The second kappa shape index (κ2) is 9.09. The van der Waals surface area contributed by atoms with Gasteiger partial charge in [0.05, 0.1) is 6.10 Å². The molecule has 1 aromatic rings. The summed E-state index contributed by atoms with van der Waals surface area (Å²) >= 11 is 0. The molecule has 3 rings (SSSR count). The number of hydrogen-bond donors (Lipinski definition) is 3. The highest BCUT2D eigenvalue weighted by Crippen LogP contribution is 2.23. The second-order valence-electron chi connectivity index (χ2n) is 7.31. The number of aliphatic imine (C=N–C) groups is 1. The molecule has 138 valence electrons. The third kappa shape index (κ3) is 5.36. The zero-order valence-electron chi connectivity index (χ0n) is 15.3. The summed E-state index contributed by atoms with van der Waals surface area (Å²) in [7, 11) is 0. The van der Waals surface area contributed by atoms with E-state index in [2.05, 4.69) is 52.8 Å². The molecular formula is C20H32N4O. The lowest BCUT2D eigenvalue weighted by Gasteiger charge is -2.27. The summed E-state index contributed by atoms with van der Waals surface area (Å²) in [5.74, 6) is 1.55. The minimum atomic E-state index is -0.111. The van der Waals surface area contributed by atoms with Crippen LogP contribution in [-0.4, -0.2) is 49.4 Å². The van der Waals surface area contributed by atoms with Crippen molar-refractivity contribution in [3.05, 3.63) is 30.3 Å². The quantitative estimate of drug-likeness (QED) is 0.567. The Morgan fingerprint density at radius 1 is 1.16 bits per heavy atom. The zero-order chi connectivity index (χ0) is 17.5. The topological polar surface area (TPSA) is 59.9 Å². The zero-order valence-corrected chi connectivity index (χ0v) is 15.3. The van der Waals surface area contributed by atoms with Crippen molar-refractivity contribution in [1.82, 2.24) is 10.6 Å². The molecule has 1 heterocycles. The second-order valence-corrected chi connectivity index (χ2v) is 7.31. The molecule has 1 atom stereocenters. The molecule has 0 amide bonds. The van der Waals surface area contributed by atoms with Gasteiger partial charge in [-0.05, 0) is 57.1 Å². The number of nitrogens with one attached hydrogen (secondary N) is 2. The summed E-state index contributed by atoms with van der Waals surface area (Å²) in [6.07, 6.45) is 4.93. The Balaban J connectivity index is 1.50. The molecule has 1 aromatic carbocycles. The van der Waals surface area contributed by atoms with Gasteiger partial charge in [-0.15, -0.1) is 0 Å². The van der Waals surface area contributed by atoms with Crippen molar-refractivity contribution >= 4 is 11.6 Å². The van der Waals surface area contributed by atoms with Crippen LogP contribution in [0.25, 0.3) is 0 Å². The van der Waals surface area contributed by atoms with E-state index in [1.165, 1.54) is 12.1 Å². The molecule has 0 bridgehead atoms. The van der Waals surface area contributed by atoms with Crippen LogP contribution >= 0.6 is 0 Å². The minimum Gasteiger partial charge on any atom is -0.393 e. The number of guanidine groups is 1. The Morgan fingerprint density at radius 2 is 1.92 bits per heavy atom. The molecule has 2 fully saturated rings. The number of aliphatic hydroxyl groups excluding tert-OH is 1. The standard InChI is InChI=1S/C20H32N4O/c1-2-21-20(23-17-8-10-19(25)11-9-17)22-14-16-12-13-24(15-16)18-6-4-3-5-7-18/h3-7,16-17,19,25H,2,8-15H2,1H3,(H2,21,22,23). The van der Waals surface area contributed by atoms with Crippen LogP contribution in [-0.2, 0) is 0 Å². The number of rotatable bonds is 5. The Morgan fingerprint density at radius 3 is 2.64 bits per heavy atom. The molecule has 0 radical (unpaired) electrons. The van der Waals surface area contributed by atoms with E-state index in [0.717, 1.165) is 57.8 Å². The van der Waals surface area contributed by atoms with E-state index in [1.54, 1.807) is 0 Å². The first-order valence-corrected chi connectivity index (χ1v) is 9.77. The maximum absolute atomic E-state index is 9.65. The largest absolute Gasteiger partial charge is 0.393 e. The monoisotopic (exact) mass is 344 g/mol. The molecule has 0 spiro atoms. The van der Waals surface area contributed by atoms with Gasteiger partial charge in [-0.25, -0.2) is 0 Å². The molecule has 1 saturated carbocycles. The number of nitrogens with zero attached hydrogens (tertiary/aromatic N) is 2. The SMILES string of the molecule is CCNC(=NCC1CCN(c2ccccc2)C1)NC1CCC(O)CC1. The molecule has 25 heavy (non-hydrogen) atoms. The molecule has 3 N–H and O–H groups in total. The van der Waals surface area contributed by atoms with E-state index in [1.807, 2.05) is 0 Å². The number of aliphatic hydroxyl groups is 1. The van der Waals surface area contributed by atoms with Crippen LogP contribution in [0.2, 0.25) is 0 Å². The number of benzene rings is 1. The Bertz CT molecular complexity index is 540. The predicted octanol–water partition coefficient (Wildman–Crippen LogP) is 2.37. The van der Waals surface area contributed by atoms with Gasteiger partial charge in [-0.2, -0.15) is 0 Å². The third-order valence-corrected chi connectivity index (χ3v) is 5.30. The summed E-state index contributed by atoms with van der Waals surface area (Å²) < 4.78 is 0. The molecule has 1 unspecified atom stereocenters. The van der Waals surface area contributed by atoms with E-state index in [4.69, 9.17) is 4.99 Å². The van der Waals surface area contributed by atoms with Gasteiger partial charge in [0.25, 0.3) is 0 Å². The Labute approximate surface area is 151 Å². The van der Waals surface area contributed by atoms with E-state index in [9.17, 15) is 5.11 Å². The van der Waals surface area contributed by atoms with Crippen LogP contribution in [0.1, 0.15) is 39.0 Å². The van der Waals surface area contributed by atoms with Crippen LogP contribution in [0.3, 0.4) is 0 Å². The molecule has 5 heteroatoms. The fourth-order valence-electron chi connectivity index (χ4n) is 3.81. The highest BCUT2D eigenvalue weighted by atomic mass is 16.3. The van der Waals surface area contributed by atoms with Gasteiger partial charge in [-0.3, -0.25) is 4.99 Å². The van der Waals surface area contributed by atoms with Gasteiger partial charge >= 0.3 is 0 Å². The fourth-order valence-corrected chi connectivity index (χ4v) is 3.81. The van der Waals surface area contributed by atoms with E-state index in [-0.39, 0.29) is 6.10 Å². The first kappa shape index (κ1) is 18.1. The lowest BCUT2D eigenvalue weighted by Crippen LogP contribution is -2.45. The Hall–Kier alpha value is -1.75. The minimum absolute atomic E-state index is 0.111. The average molecular weight is 345 g/mol. The summed E-state index contributed by atoms with van der Waals surface area (Å²) in [5, 5.41) is 16.6. The predicted molar refractivity (Wildman–Crippen MR) is 104 cm³/mol. The Kier molecular flexibility index (Phi) is 6.56. The van der Waals surface area contributed by atoms with E-state index < -0.39 is 0 Å². The van der Waals surface area contributed by atoms with E-state index in [0.29, 0.717) is 12.0 Å². The highest BCUT2D eigenvalue weighted by Gasteiger charge is 2.23. The lowest BCUT2D eigenvalue weighted by molar-refractivity contribution is 0.120. The van der Waals surface area contributed by atoms with E-state index >= 15 is 0 Å². The van der Waals surface area contributed by atoms with Gasteiger partial charge < -0.3 is 20.6 Å². The van der Waals surface area contributed by atoms with Crippen LogP contribution in [0.15, 0.2) is 35.3 Å². The van der Waals surface area contributed by atoms with Crippen molar-refractivity contribution in [2.24, 2.45) is 10.9 Å². The van der Waals surface area contributed by atoms with Crippen LogP contribution in [0.4, 0.5) is 5.69 Å². The molecule has 1 aliphatic carbocycles. The summed E-state index contributed by atoms with van der Waals surface area (Å²) in [4.78, 5) is 7.30. The number of hydrogen-bond acceptors (Lipinski definition) is 3. The van der Waals surface area contributed by atoms with Crippen molar-refractivity contribution in [3.63, 3.8) is 0 Å². The van der Waals surface area contributed by atoms with Crippen LogP contribution in [0, 0.1) is 5.92 Å². The van der Waals surface area contributed by atoms with Gasteiger partial charge in [0.2, 0.25) is 0 Å². The third-order valence-electron chi connectivity index (χ3n) is 5.30. The highest BCUT2D eigenvalue weighted by molar-refractivity contribution is 5.80. The molecule has 2 aliphatic rings. The van der Waals surface area contributed by atoms with Crippen molar-refractivity contribution < 1.29 is 5.11 Å². The maximum atomic E-state index is 9.65. The van der Waals surface area contributed by atoms with Crippen molar-refractivity contribution in [3.8, 4) is 0 Å². The number of para-hydroxylation sites is 1. The normalized spacial score (nSPS) is 27.4. The van der Waals surface area contributed by atoms with Crippen LogP contribution in [0.5, 0.6) is 0 Å². The van der Waals surface area contributed by atoms with Gasteiger partial charge in [-0.1, -0.05) is 18.2 Å². The molecule has 5 nitrogen and oxygen atoms in total. The smallest absolute Gasteiger partial charge is 0.191 e. The molecule has 1 aliphatic heterocycles. The molecule has 0 aromatic heterocycles. The average Bonchev–Trinajstić information content (AvgIpc) is 3.12. The molecular weight excluding hydrogens is 312 g/mol.